The van der Waals surface area contributed by atoms with Crippen LogP contribution >= 0.6 is 11.8 Å². The molecule has 3 heterocycles. The molecule has 0 radical (unpaired) electrons. The van der Waals surface area contributed by atoms with E-state index in [1.807, 2.05) is 0 Å². The number of fused-ring (bicyclic) bond motifs is 1. The van der Waals surface area contributed by atoms with Gasteiger partial charge < -0.3 is 19.7 Å². The average Bonchev–Trinajstić information content (AvgIpc) is 3.06. The SMILES string of the molecule is CC(=O)Nc1nc(Sc2c([N+](=O)[O-])ncn2C)c2[nH]cnc2n1. The predicted molar refractivity (Wildman–Crippen MR) is 80.0 cm³/mol. The summed E-state index contributed by atoms with van der Waals surface area (Å²) >= 11 is 1.04. The molecule has 23 heavy (non-hydrogen) atoms. The van der Waals surface area contributed by atoms with Crippen LogP contribution in [0.3, 0.4) is 0 Å². The Morgan fingerprint density at radius 3 is 2.91 bits per heavy atom. The summed E-state index contributed by atoms with van der Waals surface area (Å²) in [5, 5.41) is 14.2. The van der Waals surface area contributed by atoms with Crippen LogP contribution in [0.25, 0.3) is 11.2 Å². The molecule has 0 aliphatic rings. The number of hydrogen-bond acceptors (Lipinski definition) is 8. The zero-order valence-electron chi connectivity index (χ0n) is 12.0. The van der Waals surface area contributed by atoms with Crippen molar-refractivity contribution in [2.45, 2.75) is 17.0 Å². The molecule has 0 saturated carbocycles. The van der Waals surface area contributed by atoms with Crippen LogP contribution in [0.5, 0.6) is 0 Å². The van der Waals surface area contributed by atoms with E-state index in [1.54, 1.807) is 7.05 Å². The molecule has 3 rings (SSSR count). The maximum atomic E-state index is 11.2. The fourth-order valence-corrected chi connectivity index (χ4v) is 2.81. The van der Waals surface area contributed by atoms with Crippen molar-refractivity contribution in [2.24, 2.45) is 7.05 Å². The largest absolute Gasteiger partial charge is 0.396 e. The number of rotatable bonds is 4. The number of H-pyrrole nitrogens is 1. The molecule has 1 amide bonds. The van der Waals surface area contributed by atoms with E-state index in [0.717, 1.165) is 11.8 Å². The zero-order chi connectivity index (χ0) is 16.6. The van der Waals surface area contributed by atoms with E-state index < -0.39 is 4.92 Å². The van der Waals surface area contributed by atoms with Crippen molar-refractivity contribution in [1.29, 1.82) is 0 Å². The average molecular weight is 334 g/mol. The number of amides is 1. The van der Waals surface area contributed by atoms with Crippen LogP contribution in [0.4, 0.5) is 11.8 Å². The van der Waals surface area contributed by atoms with Crippen molar-refractivity contribution < 1.29 is 9.72 Å². The summed E-state index contributed by atoms with van der Waals surface area (Å²) in [6, 6.07) is 0. The lowest BCUT2D eigenvalue weighted by atomic mass is 10.5. The van der Waals surface area contributed by atoms with Crippen molar-refractivity contribution in [2.75, 3.05) is 5.32 Å². The number of anilines is 1. The molecule has 11 nitrogen and oxygen atoms in total. The highest BCUT2D eigenvalue weighted by Gasteiger charge is 2.23. The number of nitrogens with one attached hydrogen (secondary N) is 2. The number of imidazole rings is 2. The normalized spacial score (nSPS) is 10.9. The van der Waals surface area contributed by atoms with Gasteiger partial charge >= 0.3 is 5.82 Å². The van der Waals surface area contributed by atoms with Gasteiger partial charge in [-0.2, -0.15) is 4.98 Å². The maximum Gasteiger partial charge on any atom is 0.396 e. The number of aryl methyl sites for hydroxylation is 1. The smallest absolute Gasteiger partial charge is 0.358 e. The molecule has 0 aliphatic heterocycles. The lowest BCUT2D eigenvalue weighted by Gasteiger charge is -2.05. The highest BCUT2D eigenvalue weighted by Crippen LogP contribution is 2.35. The first-order valence-corrected chi connectivity index (χ1v) is 7.09. The number of nitrogens with zero attached hydrogens (tertiary/aromatic N) is 6. The minimum Gasteiger partial charge on any atom is -0.358 e. The Labute approximate surface area is 132 Å². The molecule has 0 fully saturated rings. The summed E-state index contributed by atoms with van der Waals surface area (Å²) in [4.78, 5) is 40.6. The van der Waals surface area contributed by atoms with Gasteiger partial charge in [-0.1, -0.05) is 0 Å². The van der Waals surface area contributed by atoms with Crippen molar-refractivity contribution >= 4 is 40.6 Å². The summed E-state index contributed by atoms with van der Waals surface area (Å²) < 4.78 is 1.52. The van der Waals surface area contributed by atoms with Gasteiger partial charge in [-0.3, -0.25) is 10.1 Å². The van der Waals surface area contributed by atoms with Gasteiger partial charge in [0.25, 0.3) is 0 Å². The summed E-state index contributed by atoms with van der Waals surface area (Å²) in [5.41, 5.74) is 0.857. The third-order valence-electron chi connectivity index (χ3n) is 2.77. The molecule has 0 aliphatic carbocycles. The topological polar surface area (TPSA) is 145 Å². The third kappa shape index (κ3) is 2.83. The van der Waals surface area contributed by atoms with E-state index in [-0.39, 0.29) is 17.7 Å². The predicted octanol–water partition coefficient (Wildman–Crippen LogP) is 1.10. The second-order valence-electron chi connectivity index (χ2n) is 4.48. The van der Waals surface area contributed by atoms with Crippen LogP contribution in [0.15, 0.2) is 22.7 Å². The highest BCUT2D eigenvalue weighted by molar-refractivity contribution is 7.99. The van der Waals surface area contributed by atoms with Crippen LogP contribution in [-0.2, 0) is 11.8 Å². The van der Waals surface area contributed by atoms with Gasteiger partial charge in [-0.25, -0.2) is 9.97 Å². The monoisotopic (exact) mass is 334 g/mol. The molecule has 0 saturated heterocycles. The molecule has 0 unspecified atom stereocenters. The number of hydrogen-bond donors (Lipinski definition) is 2. The molecule has 3 aromatic rings. The second kappa shape index (κ2) is 5.64. The van der Waals surface area contributed by atoms with E-state index in [0.29, 0.717) is 21.2 Å². The Morgan fingerprint density at radius 2 is 2.22 bits per heavy atom. The summed E-state index contributed by atoms with van der Waals surface area (Å²) in [6.45, 7) is 1.33. The minimum atomic E-state index is -0.567. The van der Waals surface area contributed by atoms with Crippen LogP contribution in [0.1, 0.15) is 6.92 Å². The zero-order valence-corrected chi connectivity index (χ0v) is 12.8. The minimum absolute atomic E-state index is 0.0735. The van der Waals surface area contributed by atoms with Crippen molar-refractivity contribution in [3.63, 3.8) is 0 Å². The van der Waals surface area contributed by atoms with Gasteiger partial charge in [0.1, 0.15) is 10.5 Å². The van der Waals surface area contributed by atoms with Crippen molar-refractivity contribution in [1.82, 2.24) is 29.5 Å². The third-order valence-corrected chi connectivity index (χ3v) is 3.92. The Hall–Kier alpha value is -3.02. The first-order valence-electron chi connectivity index (χ1n) is 6.28. The molecule has 0 spiro atoms. The fourth-order valence-electron chi connectivity index (χ4n) is 1.83. The molecule has 118 valence electrons. The first kappa shape index (κ1) is 14.9. The van der Waals surface area contributed by atoms with Gasteiger partial charge in [0, 0.05) is 14.0 Å². The quantitative estimate of drug-likeness (QED) is 0.410. The molecular formula is C11H10N8O3S. The number of nitro groups is 1. The molecular weight excluding hydrogens is 324 g/mol. The highest BCUT2D eigenvalue weighted by atomic mass is 32.2. The number of aromatic nitrogens is 6. The Morgan fingerprint density at radius 1 is 1.43 bits per heavy atom. The van der Waals surface area contributed by atoms with E-state index in [2.05, 4.69) is 30.2 Å². The van der Waals surface area contributed by atoms with Gasteiger partial charge in [-0.05, 0) is 21.7 Å². The van der Waals surface area contributed by atoms with Crippen LogP contribution in [0, 0.1) is 10.1 Å². The van der Waals surface area contributed by atoms with E-state index >= 15 is 0 Å². The lowest BCUT2D eigenvalue weighted by molar-refractivity contribution is -0.392. The van der Waals surface area contributed by atoms with Gasteiger partial charge in [0.2, 0.25) is 18.2 Å². The molecule has 3 aromatic heterocycles. The molecule has 0 bridgehead atoms. The molecule has 2 N–H and O–H groups in total. The summed E-state index contributed by atoms with van der Waals surface area (Å²) in [5.74, 6) is -0.531. The van der Waals surface area contributed by atoms with E-state index in [4.69, 9.17) is 0 Å². The van der Waals surface area contributed by atoms with Crippen LogP contribution in [0.2, 0.25) is 0 Å². The Balaban J connectivity index is 2.09. The lowest BCUT2D eigenvalue weighted by Crippen LogP contribution is -2.10. The van der Waals surface area contributed by atoms with Gasteiger partial charge in [0.15, 0.2) is 10.7 Å². The van der Waals surface area contributed by atoms with Gasteiger partial charge in [-0.15, -0.1) is 0 Å². The summed E-state index contributed by atoms with van der Waals surface area (Å²) in [6.07, 6.45) is 2.78. The Bertz CT molecular complexity index is 917. The second-order valence-corrected chi connectivity index (χ2v) is 5.46. The number of carbonyl (C=O) groups is 1. The number of aromatic amines is 1. The van der Waals surface area contributed by atoms with E-state index in [9.17, 15) is 14.9 Å². The number of carbonyl (C=O) groups excluding carboxylic acids is 1. The standard InChI is InChI=1S/C11H10N8O3S/c1-5(20)15-11-16-7-6(12-3-13-7)9(17-11)23-10-8(19(21)22)14-4-18(10)2/h3-4H,1-2H3,(H2,12,13,15,16,17,20). The van der Waals surface area contributed by atoms with Crippen LogP contribution < -0.4 is 5.32 Å². The van der Waals surface area contributed by atoms with Crippen LogP contribution in [-0.4, -0.2) is 40.3 Å². The van der Waals surface area contributed by atoms with Gasteiger partial charge in [0.05, 0.1) is 6.33 Å². The summed E-state index contributed by atoms with van der Waals surface area (Å²) in [7, 11) is 1.64. The van der Waals surface area contributed by atoms with Crippen molar-refractivity contribution in [3.8, 4) is 0 Å². The first-order chi connectivity index (χ1) is 11.0. The Kier molecular flexibility index (Phi) is 3.65. The maximum absolute atomic E-state index is 11.2. The molecule has 0 atom stereocenters. The molecule has 12 heteroatoms. The fraction of sp³-hybridized carbons (Fsp3) is 0.182. The van der Waals surface area contributed by atoms with E-state index in [1.165, 1.54) is 24.1 Å². The molecule has 0 aromatic carbocycles. The van der Waals surface area contributed by atoms with Crippen molar-refractivity contribution in [3.05, 3.63) is 22.8 Å².